The second-order valence-electron chi connectivity index (χ2n) is 12.9. The van der Waals surface area contributed by atoms with E-state index in [0.717, 1.165) is 25.3 Å². The molecule has 2 aliphatic rings. The maximum absolute atomic E-state index is 6.29. The molecule has 2 unspecified atom stereocenters. The van der Waals surface area contributed by atoms with Crippen molar-refractivity contribution >= 4 is 0 Å². The summed E-state index contributed by atoms with van der Waals surface area (Å²) in [4.78, 5) is 5.55. The van der Waals surface area contributed by atoms with E-state index in [0.29, 0.717) is 10.8 Å². The molecule has 0 saturated carbocycles. The second kappa shape index (κ2) is 13.6. The molecule has 31 heavy (non-hydrogen) atoms. The van der Waals surface area contributed by atoms with Crippen LogP contribution in [0.4, 0.5) is 0 Å². The number of likely N-dealkylation sites (tertiary alicyclic amines) is 2. The molecule has 0 aliphatic carbocycles. The predicted molar refractivity (Wildman–Crippen MR) is 136 cm³/mol. The summed E-state index contributed by atoms with van der Waals surface area (Å²) in [5.41, 5.74) is 0.868. The zero-order valence-electron chi connectivity index (χ0n) is 22.2. The Morgan fingerprint density at radius 3 is 1.23 bits per heavy atom. The van der Waals surface area contributed by atoms with Crippen molar-refractivity contribution in [3.05, 3.63) is 0 Å². The maximum atomic E-state index is 6.29. The Bertz CT molecular complexity index is 411. The highest BCUT2D eigenvalue weighted by Crippen LogP contribution is 2.27. The van der Waals surface area contributed by atoms with Gasteiger partial charge in [-0.2, -0.15) is 0 Å². The van der Waals surface area contributed by atoms with Crippen LogP contribution < -0.4 is 0 Å². The van der Waals surface area contributed by atoms with Gasteiger partial charge in [0.05, 0.1) is 0 Å². The van der Waals surface area contributed by atoms with E-state index >= 15 is 0 Å². The molecule has 0 aromatic carbocycles. The lowest BCUT2D eigenvalue weighted by atomic mass is 9.87. The van der Waals surface area contributed by atoms with Crippen molar-refractivity contribution in [2.75, 3.05) is 39.4 Å². The lowest BCUT2D eigenvalue weighted by molar-refractivity contribution is 0.0587. The van der Waals surface area contributed by atoms with E-state index in [1.807, 2.05) is 0 Å². The molecule has 3 nitrogen and oxygen atoms in total. The second-order valence-corrected chi connectivity index (χ2v) is 12.9. The Balaban J connectivity index is 1.76. The van der Waals surface area contributed by atoms with Gasteiger partial charge in [0.2, 0.25) is 0 Å². The van der Waals surface area contributed by atoms with E-state index < -0.39 is 0 Å². The molecule has 0 radical (unpaired) electrons. The monoisotopic (exact) mass is 436 g/mol. The van der Waals surface area contributed by atoms with Crippen LogP contribution in [-0.4, -0.2) is 61.3 Å². The van der Waals surface area contributed by atoms with Crippen LogP contribution in [0.15, 0.2) is 0 Å². The molecule has 0 amide bonds. The fourth-order valence-corrected chi connectivity index (χ4v) is 5.33. The Morgan fingerprint density at radius 2 is 0.903 bits per heavy atom. The third-order valence-corrected chi connectivity index (χ3v) is 7.46. The third kappa shape index (κ3) is 12.1. The van der Waals surface area contributed by atoms with Crippen molar-refractivity contribution in [2.24, 2.45) is 10.8 Å². The lowest BCUT2D eigenvalue weighted by Crippen LogP contribution is -2.41. The molecule has 0 aromatic heterocycles. The first kappa shape index (κ1) is 27.1. The van der Waals surface area contributed by atoms with Gasteiger partial charge in [-0.05, 0) is 101 Å². The Kier molecular flexibility index (Phi) is 11.9. The van der Waals surface area contributed by atoms with Crippen molar-refractivity contribution in [3.8, 4) is 0 Å². The molecule has 0 N–H and O–H groups in total. The predicted octanol–water partition coefficient (Wildman–Crippen LogP) is 7.14. The van der Waals surface area contributed by atoms with Gasteiger partial charge in [0.15, 0.2) is 0 Å². The van der Waals surface area contributed by atoms with Gasteiger partial charge in [0.25, 0.3) is 0 Å². The van der Waals surface area contributed by atoms with Crippen LogP contribution in [0.2, 0.25) is 0 Å². The van der Waals surface area contributed by atoms with E-state index in [4.69, 9.17) is 4.74 Å². The summed E-state index contributed by atoms with van der Waals surface area (Å²) < 4.78 is 6.29. The first-order chi connectivity index (χ1) is 14.6. The first-order valence-corrected chi connectivity index (χ1v) is 13.7. The van der Waals surface area contributed by atoms with Crippen LogP contribution in [0.5, 0.6) is 0 Å². The molecule has 3 heteroatoms. The van der Waals surface area contributed by atoms with Gasteiger partial charge < -0.3 is 14.5 Å². The largest absolute Gasteiger partial charge is 0.381 e. The summed E-state index contributed by atoms with van der Waals surface area (Å²) in [6.07, 6.45) is 16.1. The standard InChI is InChI=1S/C28H56N2O/c1-27(2,3)17-13-25(29-19-9-7-10-20-29)15-23-31-24-16-26(14-18-28(4,5)6)30-21-11-8-12-22-30/h25-26H,7-24H2,1-6H3. The fraction of sp³-hybridized carbons (Fsp3) is 1.00. The van der Waals surface area contributed by atoms with Gasteiger partial charge in [-0.15, -0.1) is 0 Å². The molecular formula is C28H56N2O. The maximum Gasteiger partial charge on any atom is 0.0480 e. The molecule has 2 fully saturated rings. The van der Waals surface area contributed by atoms with E-state index in [1.54, 1.807) is 0 Å². The Morgan fingerprint density at radius 1 is 0.548 bits per heavy atom. The molecule has 0 bridgehead atoms. The first-order valence-electron chi connectivity index (χ1n) is 13.7. The molecule has 2 saturated heterocycles. The van der Waals surface area contributed by atoms with Crippen molar-refractivity contribution in [1.29, 1.82) is 0 Å². The van der Waals surface area contributed by atoms with Gasteiger partial charge in [-0.25, -0.2) is 0 Å². The summed E-state index contributed by atoms with van der Waals surface area (Å²) in [5, 5.41) is 0. The van der Waals surface area contributed by atoms with Crippen LogP contribution in [0, 0.1) is 10.8 Å². The van der Waals surface area contributed by atoms with Gasteiger partial charge in [0.1, 0.15) is 0 Å². The average Bonchev–Trinajstić information content (AvgIpc) is 2.72. The van der Waals surface area contributed by atoms with Crippen LogP contribution in [0.1, 0.15) is 119 Å². The van der Waals surface area contributed by atoms with E-state index in [1.165, 1.54) is 103 Å². The van der Waals surface area contributed by atoms with Crippen LogP contribution >= 0.6 is 0 Å². The van der Waals surface area contributed by atoms with Gasteiger partial charge >= 0.3 is 0 Å². The molecule has 0 spiro atoms. The van der Waals surface area contributed by atoms with E-state index in [2.05, 4.69) is 51.3 Å². The number of hydrogen-bond acceptors (Lipinski definition) is 3. The van der Waals surface area contributed by atoms with Crippen molar-refractivity contribution in [3.63, 3.8) is 0 Å². The van der Waals surface area contributed by atoms with Gasteiger partial charge in [-0.1, -0.05) is 54.4 Å². The summed E-state index contributed by atoms with van der Waals surface area (Å²) in [5.74, 6) is 0. The number of nitrogens with zero attached hydrogens (tertiary/aromatic N) is 2. The fourth-order valence-electron chi connectivity index (χ4n) is 5.33. The molecule has 0 aromatic rings. The summed E-state index contributed by atoms with van der Waals surface area (Å²) in [6, 6.07) is 1.44. The van der Waals surface area contributed by atoms with Crippen molar-refractivity contribution < 1.29 is 4.74 Å². The Labute approximate surface area is 195 Å². The van der Waals surface area contributed by atoms with Crippen LogP contribution in [-0.2, 0) is 4.74 Å². The highest BCUT2D eigenvalue weighted by Gasteiger charge is 2.24. The third-order valence-electron chi connectivity index (χ3n) is 7.46. The van der Waals surface area contributed by atoms with Crippen molar-refractivity contribution in [1.82, 2.24) is 9.80 Å². The molecular weight excluding hydrogens is 380 g/mol. The zero-order valence-corrected chi connectivity index (χ0v) is 22.2. The summed E-state index contributed by atoms with van der Waals surface area (Å²) >= 11 is 0. The summed E-state index contributed by atoms with van der Waals surface area (Å²) in [7, 11) is 0. The number of hydrogen-bond donors (Lipinski definition) is 0. The van der Waals surface area contributed by atoms with Gasteiger partial charge in [0, 0.05) is 25.3 Å². The zero-order chi connectivity index (χ0) is 22.7. The summed E-state index contributed by atoms with van der Waals surface area (Å²) in [6.45, 7) is 21.4. The number of rotatable bonds is 12. The highest BCUT2D eigenvalue weighted by atomic mass is 16.5. The van der Waals surface area contributed by atoms with E-state index in [-0.39, 0.29) is 0 Å². The molecule has 2 atom stereocenters. The van der Waals surface area contributed by atoms with Crippen molar-refractivity contribution in [2.45, 2.75) is 131 Å². The van der Waals surface area contributed by atoms with Gasteiger partial charge in [-0.3, -0.25) is 0 Å². The minimum Gasteiger partial charge on any atom is -0.381 e. The quantitative estimate of drug-likeness (QED) is 0.302. The number of ether oxygens (including phenoxy) is 1. The van der Waals surface area contributed by atoms with Crippen LogP contribution in [0.25, 0.3) is 0 Å². The average molecular weight is 437 g/mol. The Hall–Kier alpha value is -0.120. The smallest absolute Gasteiger partial charge is 0.0480 e. The highest BCUT2D eigenvalue weighted by molar-refractivity contribution is 4.79. The minimum absolute atomic E-state index is 0.434. The molecule has 2 heterocycles. The molecule has 2 aliphatic heterocycles. The number of piperidine rings is 2. The van der Waals surface area contributed by atoms with E-state index in [9.17, 15) is 0 Å². The van der Waals surface area contributed by atoms with Crippen LogP contribution in [0.3, 0.4) is 0 Å². The SMILES string of the molecule is CC(C)(C)CCC(CCOCCC(CCC(C)(C)C)N1CCCCC1)N1CCCCC1. The molecule has 184 valence electrons. The topological polar surface area (TPSA) is 15.7 Å². The minimum atomic E-state index is 0.434. The lowest BCUT2D eigenvalue weighted by Gasteiger charge is -2.37. The normalized spacial score (nSPS) is 21.9. The molecule has 2 rings (SSSR count).